The molecule has 0 aliphatic carbocycles. The molecule has 19 heavy (non-hydrogen) atoms. The number of rotatable bonds is 7. The second-order valence-corrected chi connectivity index (χ2v) is 5.20. The van der Waals surface area contributed by atoms with E-state index in [9.17, 15) is 4.79 Å². The van der Waals surface area contributed by atoms with Crippen molar-refractivity contribution < 1.29 is 4.79 Å². The molecule has 5 nitrogen and oxygen atoms in total. The molecule has 1 aromatic rings. The minimum atomic E-state index is -0.171. The van der Waals surface area contributed by atoms with Crippen LogP contribution in [0.1, 0.15) is 51.0 Å². The van der Waals surface area contributed by atoms with E-state index >= 15 is 0 Å². The zero-order valence-electron chi connectivity index (χ0n) is 12.2. The van der Waals surface area contributed by atoms with E-state index in [-0.39, 0.29) is 11.9 Å². The number of carbonyl (C=O) groups is 1. The van der Waals surface area contributed by atoms with Crippen molar-refractivity contribution in [2.24, 2.45) is 5.92 Å². The smallest absolute Gasteiger partial charge is 0.272 e. The minimum Gasteiger partial charge on any atom is -0.369 e. The highest BCUT2D eigenvalue weighted by molar-refractivity contribution is 5.92. The van der Waals surface area contributed by atoms with E-state index < -0.39 is 0 Å². The first kappa shape index (κ1) is 15.4. The summed E-state index contributed by atoms with van der Waals surface area (Å²) in [7, 11) is 0. The fourth-order valence-corrected chi connectivity index (χ4v) is 1.44. The summed E-state index contributed by atoms with van der Waals surface area (Å²) in [6, 6.07) is 3.64. The van der Waals surface area contributed by atoms with Gasteiger partial charge in [0.05, 0.1) is 0 Å². The fourth-order valence-electron chi connectivity index (χ4n) is 1.44. The highest BCUT2D eigenvalue weighted by Gasteiger charge is 2.10. The van der Waals surface area contributed by atoms with Crippen LogP contribution in [0.3, 0.4) is 0 Å². The van der Waals surface area contributed by atoms with E-state index in [4.69, 9.17) is 0 Å². The zero-order valence-corrected chi connectivity index (χ0v) is 12.2. The van der Waals surface area contributed by atoms with Crippen molar-refractivity contribution in [2.75, 3.05) is 11.9 Å². The van der Waals surface area contributed by atoms with Crippen LogP contribution in [-0.2, 0) is 0 Å². The summed E-state index contributed by atoms with van der Waals surface area (Å²) in [5.41, 5.74) is 0.356. The van der Waals surface area contributed by atoms with Crippen molar-refractivity contribution in [1.29, 1.82) is 0 Å². The minimum absolute atomic E-state index is 0.151. The molecular formula is C14H24N4O. The Morgan fingerprint density at radius 2 is 2.00 bits per heavy atom. The van der Waals surface area contributed by atoms with E-state index in [2.05, 4.69) is 34.7 Å². The molecule has 1 amide bonds. The third-order valence-electron chi connectivity index (χ3n) is 2.91. The van der Waals surface area contributed by atoms with Crippen LogP contribution in [0.15, 0.2) is 12.1 Å². The normalized spacial score (nSPS) is 12.3. The number of hydrogen-bond acceptors (Lipinski definition) is 4. The molecule has 1 heterocycles. The molecule has 1 unspecified atom stereocenters. The Morgan fingerprint density at radius 1 is 1.26 bits per heavy atom. The highest BCUT2D eigenvalue weighted by Crippen LogP contribution is 2.05. The second kappa shape index (κ2) is 7.71. The van der Waals surface area contributed by atoms with Crippen molar-refractivity contribution in [3.8, 4) is 0 Å². The summed E-state index contributed by atoms with van der Waals surface area (Å²) in [6.45, 7) is 9.21. The van der Waals surface area contributed by atoms with Crippen molar-refractivity contribution in [2.45, 2.75) is 46.6 Å². The third kappa shape index (κ3) is 5.68. The van der Waals surface area contributed by atoms with Crippen LogP contribution < -0.4 is 10.6 Å². The number of carbonyl (C=O) groups excluding carboxylic acids is 1. The Balaban J connectivity index is 2.49. The first-order valence-electron chi connectivity index (χ1n) is 6.91. The summed E-state index contributed by atoms with van der Waals surface area (Å²) >= 11 is 0. The molecule has 0 saturated heterocycles. The summed E-state index contributed by atoms with van der Waals surface area (Å²) in [5.74, 6) is 1.19. The number of hydrogen-bond donors (Lipinski definition) is 2. The van der Waals surface area contributed by atoms with Crippen LogP contribution in [-0.4, -0.2) is 28.7 Å². The van der Waals surface area contributed by atoms with Gasteiger partial charge in [-0.3, -0.25) is 4.79 Å². The lowest BCUT2D eigenvalue weighted by Crippen LogP contribution is -2.32. The third-order valence-corrected chi connectivity index (χ3v) is 2.91. The lowest BCUT2D eigenvalue weighted by Gasteiger charge is -2.11. The predicted molar refractivity (Wildman–Crippen MR) is 77.2 cm³/mol. The van der Waals surface area contributed by atoms with Gasteiger partial charge in [0.25, 0.3) is 5.91 Å². The van der Waals surface area contributed by atoms with Crippen LogP contribution in [0, 0.1) is 5.92 Å². The average molecular weight is 264 g/mol. The quantitative estimate of drug-likeness (QED) is 0.794. The summed E-state index contributed by atoms with van der Waals surface area (Å²) in [6.07, 6.45) is 1.98. The number of nitrogens with one attached hydrogen (secondary N) is 2. The number of anilines is 1. The zero-order chi connectivity index (χ0) is 14.3. The van der Waals surface area contributed by atoms with Gasteiger partial charge in [0.15, 0.2) is 5.69 Å². The molecule has 0 aliphatic heterocycles. The van der Waals surface area contributed by atoms with Gasteiger partial charge >= 0.3 is 0 Å². The second-order valence-electron chi connectivity index (χ2n) is 5.20. The van der Waals surface area contributed by atoms with Gasteiger partial charge in [0.1, 0.15) is 5.82 Å². The van der Waals surface area contributed by atoms with E-state index in [0.29, 0.717) is 17.4 Å². The topological polar surface area (TPSA) is 66.9 Å². The monoisotopic (exact) mass is 264 g/mol. The van der Waals surface area contributed by atoms with E-state index in [0.717, 1.165) is 19.4 Å². The first-order valence-corrected chi connectivity index (χ1v) is 6.91. The van der Waals surface area contributed by atoms with Gasteiger partial charge in [-0.1, -0.05) is 20.8 Å². The van der Waals surface area contributed by atoms with Crippen molar-refractivity contribution in [3.63, 3.8) is 0 Å². The van der Waals surface area contributed by atoms with Gasteiger partial charge in [0.2, 0.25) is 0 Å². The molecule has 0 fully saturated rings. The van der Waals surface area contributed by atoms with Gasteiger partial charge < -0.3 is 10.6 Å². The molecule has 0 aromatic carbocycles. The SMILES string of the molecule is CCC(C)NC(=O)c1ccc(NCCC(C)C)nn1. The van der Waals surface area contributed by atoms with E-state index in [1.54, 1.807) is 12.1 Å². The highest BCUT2D eigenvalue weighted by atomic mass is 16.2. The average Bonchev–Trinajstić information content (AvgIpc) is 2.38. The molecule has 0 radical (unpaired) electrons. The summed E-state index contributed by atoms with van der Waals surface area (Å²) < 4.78 is 0. The largest absolute Gasteiger partial charge is 0.369 e. The number of aromatic nitrogens is 2. The van der Waals surface area contributed by atoms with Gasteiger partial charge in [-0.15, -0.1) is 10.2 Å². The number of nitrogens with zero attached hydrogens (tertiary/aromatic N) is 2. The van der Waals surface area contributed by atoms with Crippen LogP contribution in [0.4, 0.5) is 5.82 Å². The molecule has 2 N–H and O–H groups in total. The Bertz CT molecular complexity index is 389. The summed E-state index contributed by atoms with van der Waals surface area (Å²) in [4.78, 5) is 11.8. The number of amides is 1. The Labute approximate surface area is 115 Å². The van der Waals surface area contributed by atoms with Crippen LogP contribution in [0.2, 0.25) is 0 Å². The van der Waals surface area contributed by atoms with E-state index in [1.807, 2.05) is 13.8 Å². The van der Waals surface area contributed by atoms with Crippen LogP contribution in [0.25, 0.3) is 0 Å². The van der Waals surface area contributed by atoms with Crippen molar-refractivity contribution in [3.05, 3.63) is 17.8 Å². The lowest BCUT2D eigenvalue weighted by atomic mass is 10.1. The molecule has 0 bridgehead atoms. The Morgan fingerprint density at radius 3 is 2.53 bits per heavy atom. The predicted octanol–water partition coefficient (Wildman–Crippen LogP) is 2.46. The van der Waals surface area contributed by atoms with Gasteiger partial charge in [-0.2, -0.15) is 0 Å². The van der Waals surface area contributed by atoms with Gasteiger partial charge in [-0.05, 0) is 37.8 Å². The Hall–Kier alpha value is -1.65. The standard InChI is InChI=1S/C14H24N4O/c1-5-11(4)16-14(19)12-6-7-13(18-17-12)15-9-8-10(2)3/h6-7,10-11H,5,8-9H2,1-4H3,(H,15,18)(H,16,19). The van der Waals surface area contributed by atoms with Crippen molar-refractivity contribution >= 4 is 11.7 Å². The molecule has 0 aliphatic rings. The maximum Gasteiger partial charge on any atom is 0.272 e. The van der Waals surface area contributed by atoms with Crippen LogP contribution >= 0.6 is 0 Å². The Kier molecular flexibility index (Phi) is 6.25. The molecule has 0 saturated carbocycles. The maximum atomic E-state index is 11.8. The lowest BCUT2D eigenvalue weighted by molar-refractivity contribution is 0.0933. The molecule has 5 heteroatoms. The van der Waals surface area contributed by atoms with Gasteiger partial charge in [0, 0.05) is 12.6 Å². The summed E-state index contributed by atoms with van der Waals surface area (Å²) in [5, 5.41) is 14.0. The molecular weight excluding hydrogens is 240 g/mol. The molecule has 1 aromatic heterocycles. The van der Waals surface area contributed by atoms with Gasteiger partial charge in [-0.25, -0.2) is 0 Å². The molecule has 1 atom stereocenters. The van der Waals surface area contributed by atoms with Crippen molar-refractivity contribution in [1.82, 2.24) is 15.5 Å². The van der Waals surface area contributed by atoms with E-state index in [1.165, 1.54) is 0 Å². The maximum absolute atomic E-state index is 11.8. The molecule has 0 spiro atoms. The molecule has 106 valence electrons. The molecule has 1 rings (SSSR count). The first-order chi connectivity index (χ1) is 9.02. The van der Waals surface area contributed by atoms with Crippen LogP contribution in [0.5, 0.6) is 0 Å². The fraction of sp³-hybridized carbons (Fsp3) is 0.643.